The zero-order valence-electron chi connectivity index (χ0n) is 17.8. The third kappa shape index (κ3) is 4.71. The van der Waals surface area contributed by atoms with Gasteiger partial charge in [-0.15, -0.1) is 0 Å². The standard InChI is InChI=1S/C24H30BrNO5/c25-24-11-17-7-18(12-24)10-23(9-17,15-24)13-22(28)31-14-21(27)26-4-3-16-1-2-19-20(8-16)30-6-5-29-19/h1-2,8,17-18H,3-7,9-15H2,(H,26,27). The molecular weight excluding hydrogens is 462 g/mol. The molecule has 4 saturated carbocycles. The number of hydrogen-bond acceptors (Lipinski definition) is 5. The number of rotatable bonds is 7. The van der Waals surface area contributed by atoms with Gasteiger partial charge in [0.05, 0.1) is 6.42 Å². The maximum atomic E-state index is 12.5. The molecule has 2 unspecified atom stereocenters. The minimum absolute atomic E-state index is 0.0688. The fourth-order valence-corrected chi connectivity index (χ4v) is 8.20. The summed E-state index contributed by atoms with van der Waals surface area (Å²) in [7, 11) is 0. The van der Waals surface area contributed by atoms with E-state index in [1.165, 1.54) is 19.3 Å². The van der Waals surface area contributed by atoms with Crippen LogP contribution in [0.4, 0.5) is 0 Å². The van der Waals surface area contributed by atoms with Crippen molar-refractivity contribution in [3.63, 3.8) is 0 Å². The molecule has 1 N–H and O–H groups in total. The van der Waals surface area contributed by atoms with Crippen molar-refractivity contribution in [3.05, 3.63) is 23.8 Å². The molecule has 0 aromatic heterocycles. The van der Waals surface area contributed by atoms with E-state index in [1.54, 1.807) is 0 Å². The highest BCUT2D eigenvalue weighted by Crippen LogP contribution is 2.65. The maximum Gasteiger partial charge on any atom is 0.306 e. The van der Waals surface area contributed by atoms with Crippen LogP contribution in [0.3, 0.4) is 0 Å². The number of amides is 1. The first-order chi connectivity index (χ1) is 14.9. The van der Waals surface area contributed by atoms with Crippen LogP contribution in [0.1, 0.15) is 50.5 Å². The molecule has 1 amide bonds. The van der Waals surface area contributed by atoms with Crippen LogP contribution in [0.2, 0.25) is 0 Å². The van der Waals surface area contributed by atoms with Gasteiger partial charge in [-0.2, -0.15) is 0 Å². The third-order valence-electron chi connectivity index (χ3n) is 7.34. The van der Waals surface area contributed by atoms with Crippen molar-refractivity contribution < 1.29 is 23.8 Å². The average molecular weight is 492 g/mol. The van der Waals surface area contributed by atoms with Crippen molar-refractivity contribution in [2.75, 3.05) is 26.4 Å². The number of carbonyl (C=O) groups excluding carboxylic acids is 2. The van der Waals surface area contributed by atoms with Crippen LogP contribution >= 0.6 is 15.9 Å². The third-order valence-corrected chi connectivity index (χ3v) is 8.26. The molecule has 6 nitrogen and oxygen atoms in total. The summed E-state index contributed by atoms with van der Waals surface area (Å²) in [5.41, 5.74) is 1.13. The van der Waals surface area contributed by atoms with Gasteiger partial charge in [-0.1, -0.05) is 22.0 Å². The lowest BCUT2D eigenvalue weighted by atomic mass is 9.49. The molecule has 31 heavy (non-hydrogen) atoms. The van der Waals surface area contributed by atoms with Gasteiger partial charge in [0, 0.05) is 10.9 Å². The van der Waals surface area contributed by atoms with E-state index in [0.717, 1.165) is 48.2 Å². The lowest BCUT2D eigenvalue weighted by Crippen LogP contribution is -2.53. The predicted molar refractivity (Wildman–Crippen MR) is 118 cm³/mol. The van der Waals surface area contributed by atoms with Gasteiger partial charge in [0.25, 0.3) is 5.91 Å². The monoisotopic (exact) mass is 491 g/mol. The SMILES string of the molecule is O=C(COC(=O)CC12CC3CC(CC(Br)(C3)C1)C2)NCCc1ccc2c(c1)OCCO2. The molecule has 4 bridgehead atoms. The summed E-state index contributed by atoms with van der Waals surface area (Å²) >= 11 is 3.98. The van der Waals surface area contributed by atoms with Gasteiger partial charge in [-0.05, 0) is 79.9 Å². The minimum Gasteiger partial charge on any atom is -0.486 e. The number of hydrogen-bond donors (Lipinski definition) is 1. The maximum absolute atomic E-state index is 12.5. The highest BCUT2D eigenvalue weighted by atomic mass is 79.9. The first-order valence-corrected chi connectivity index (χ1v) is 12.2. The molecule has 5 aliphatic rings. The van der Waals surface area contributed by atoms with Gasteiger partial charge in [-0.3, -0.25) is 9.59 Å². The van der Waals surface area contributed by atoms with Crippen molar-refractivity contribution in [2.24, 2.45) is 17.3 Å². The second-order valence-corrected chi connectivity index (χ2v) is 11.7. The van der Waals surface area contributed by atoms with Gasteiger partial charge >= 0.3 is 5.97 Å². The van der Waals surface area contributed by atoms with Crippen molar-refractivity contribution in [1.29, 1.82) is 0 Å². The molecule has 7 heteroatoms. The summed E-state index contributed by atoms with van der Waals surface area (Å²) < 4.78 is 16.7. The highest BCUT2D eigenvalue weighted by Gasteiger charge is 2.57. The Labute approximate surface area is 191 Å². The van der Waals surface area contributed by atoms with E-state index >= 15 is 0 Å². The van der Waals surface area contributed by atoms with E-state index in [-0.39, 0.29) is 28.2 Å². The number of fused-ring (bicyclic) bond motifs is 1. The van der Waals surface area contributed by atoms with Gasteiger partial charge < -0.3 is 19.5 Å². The molecule has 168 valence electrons. The van der Waals surface area contributed by atoms with E-state index in [4.69, 9.17) is 14.2 Å². The van der Waals surface area contributed by atoms with Gasteiger partial charge in [-0.25, -0.2) is 0 Å². The number of nitrogens with one attached hydrogen (secondary N) is 1. The average Bonchev–Trinajstić information content (AvgIpc) is 2.70. The Morgan fingerprint density at radius 2 is 1.84 bits per heavy atom. The number of halogens is 1. The van der Waals surface area contributed by atoms with Crippen molar-refractivity contribution in [3.8, 4) is 11.5 Å². The first-order valence-electron chi connectivity index (χ1n) is 11.4. The molecule has 0 saturated heterocycles. The summed E-state index contributed by atoms with van der Waals surface area (Å²) in [6, 6.07) is 5.82. The van der Waals surface area contributed by atoms with Crippen LogP contribution in [0.5, 0.6) is 11.5 Å². The molecule has 1 aliphatic heterocycles. The van der Waals surface area contributed by atoms with Crippen molar-refractivity contribution >= 4 is 27.8 Å². The Kier molecular flexibility index (Phi) is 5.65. The number of esters is 1. The van der Waals surface area contributed by atoms with Gasteiger partial charge in [0.2, 0.25) is 0 Å². The quantitative estimate of drug-likeness (QED) is 0.463. The van der Waals surface area contributed by atoms with Crippen LogP contribution < -0.4 is 14.8 Å². The van der Waals surface area contributed by atoms with Gasteiger partial charge in [0.1, 0.15) is 13.2 Å². The second kappa shape index (κ2) is 8.30. The zero-order chi connectivity index (χ0) is 21.5. The fourth-order valence-electron chi connectivity index (χ4n) is 6.69. The smallest absolute Gasteiger partial charge is 0.306 e. The molecule has 1 heterocycles. The largest absolute Gasteiger partial charge is 0.486 e. The number of benzene rings is 1. The molecule has 0 spiro atoms. The number of carbonyl (C=O) groups is 2. The number of alkyl halides is 1. The van der Waals surface area contributed by atoms with Crippen LogP contribution in [0.25, 0.3) is 0 Å². The molecule has 6 rings (SSSR count). The van der Waals surface area contributed by atoms with E-state index < -0.39 is 0 Å². The Hall–Kier alpha value is -1.76. The lowest BCUT2D eigenvalue weighted by Gasteiger charge is -2.60. The highest BCUT2D eigenvalue weighted by molar-refractivity contribution is 9.10. The normalized spacial score (nSPS) is 32.5. The summed E-state index contributed by atoms with van der Waals surface area (Å²) in [5.74, 6) is 2.48. The summed E-state index contributed by atoms with van der Waals surface area (Å²) in [6.45, 7) is 1.40. The molecule has 1 aromatic carbocycles. The molecule has 4 fully saturated rings. The Morgan fingerprint density at radius 1 is 1.10 bits per heavy atom. The molecule has 4 aliphatic carbocycles. The molecule has 0 radical (unpaired) electrons. The van der Waals surface area contributed by atoms with E-state index in [0.29, 0.717) is 32.6 Å². The summed E-state index contributed by atoms with van der Waals surface area (Å²) in [4.78, 5) is 24.7. The Balaban J connectivity index is 1.05. The van der Waals surface area contributed by atoms with E-state index in [9.17, 15) is 9.59 Å². The fraction of sp³-hybridized carbons (Fsp3) is 0.667. The van der Waals surface area contributed by atoms with Crippen molar-refractivity contribution in [1.82, 2.24) is 5.32 Å². The minimum atomic E-state index is -0.256. The van der Waals surface area contributed by atoms with Crippen LogP contribution in [0, 0.1) is 17.3 Å². The molecule has 2 atom stereocenters. The van der Waals surface area contributed by atoms with Crippen LogP contribution in [-0.2, 0) is 20.7 Å². The molecular formula is C24H30BrNO5. The summed E-state index contributed by atoms with van der Waals surface area (Å²) in [5, 5.41) is 2.84. The second-order valence-electron chi connectivity index (χ2n) is 10.0. The van der Waals surface area contributed by atoms with E-state index in [1.807, 2.05) is 18.2 Å². The predicted octanol–water partition coefficient (Wildman–Crippen LogP) is 3.78. The number of ether oxygens (including phenoxy) is 3. The van der Waals surface area contributed by atoms with Crippen molar-refractivity contribution in [2.45, 2.75) is 55.7 Å². The van der Waals surface area contributed by atoms with Crippen LogP contribution in [-0.4, -0.2) is 42.6 Å². The Morgan fingerprint density at radius 3 is 2.58 bits per heavy atom. The lowest BCUT2D eigenvalue weighted by molar-refractivity contribution is -0.154. The van der Waals surface area contributed by atoms with E-state index in [2.05, 4.69) is 21.2 Å². The first kappa shape index (κ1) is 21.1. The molecule has 1 aromatic rings. The van der Waals surface area contributed by atoms with Crippen LogP contribution in [0.15, 0.2) is 18.2 Å². The topological polar surface area (TPSA) is 73.9 Å². The Bertz CT molecular complexity index is 858. The van der Waals surface area contributed by atoms with Gasteiger partial charge in [0.15, 0.2) is 18.1 Å². The summed E-state index contributed by atoms with van der Waals surface area (Å²) in [6.07, 6.45) is 8.24. The zero-order valence-corrected chi connectivity index (χ0v) is 19.4.